The molecular formula is C24H23N3O3. The number of pyridine rings is 1. The van der Waals surface area contributed by atoms with Crippen LogP contribution >= 0.6 is 0 Å². The highest BCUT2D eigenvalue weighted by Crippen LogP contribution is 2.23. The Labute approximate surface area is 174 Å². The van der Waals surface area contributed by atoms with Gasteiger partial charge in [-0.05, 0) is 46.9 Å². The average Bonchev–Trinajstić information content (AvgIpc) is 3.14. The molecule has 1 atom stereocenters. The van der Waals surface area contributed by atoms with Crippen LogP contribution in [0, 0.1) is 0 Å². The van der Waals surface area contributed by atoms with Gasteiger partial charge in [0.2, 0.25) is 0 Å². The van der Waals surface area contributed by atoms with Crippen molar-refractivity contribution >= 4 is 16.9 Å². The van der Waals surface area contributed by atoms with Crippen LogP contribution in [-0.2, 0) is 17.9 Å². The predicted molar refractivity (Wildman–Crippen MR) is 115 cm³/mol. The van der Waals surface area contributed by atoms with Crippen molar-refractivity contribution in [3.8, 4) is 5.75 Å². The van der Waals surface area contributed by atoms with E-state index in [-0.39, 0.29) is 12.3 Å². The zero-order valence-electron chi connectivity index (χ0n) is 16.7. The molecule has 0 saturated heterocycles. The lowest BCUT2D eigenvalue weighted by Crippen LogP contribution is -2.03. The third kappa shape index (κ3) is 4.84. The summed E-state index contributed by atoms with van der Waals surface area (Å²) in [6, 6.07) is 17.7. The van der Waals surface area contributed by atoms with Crippen molar-refractivity contribution in [1.29, 1.82) is 0 Å². The molecule has 2 aromatic heterocycles. The standard InChI is InChI=1S/C24H23N3O3/c1-17(11-24(28)29)20-6-8-22(9-7-20)30-16-18-4-5-21-15-27(26-23(21)12-18)14-19-3-2-10-25-13-19/h2-10,12-13,15,17H,11,14,16H2,1H3,(H,28,29). The van der Waals surface area contributed by atoms with Gasteiger partial charge in [0.25, 0.3) is 0 Å². The van der Waals surface area contributed by atoms with Crippen molar-refractivity contribution in [3.05, 3.63) is 89.9 Å². The summed E-state index contributed by atoms with van der Waals surface area (Å²) in [4.78, 5) is 15.0. The van der Waals surface area contributed by atoms with Gasteiger partial charge in [-0.1, -0.05) is 37.3 Å². The smallest absolute Gasteiger partial charge is 0.303 e. The molecular weight excluding hydrogens is 378 g/mol. The SMILES string of the molecule is CC(CC(=O)O)c1ccc(OCc2ccc3cn(Cc4cccnc4)nc3c2)cc1. The first-order chi connectivity index (χ1) is 14.6. The number of aromatic nitrogens is 3. The molecule has 30 heavy (non-hydrogen) atoms. The number of rotatable bonds is 8. The number of carboxylic acid groups (broad SMARTS) is 1. The molecule has 0 radical (unpaired) electrons. The summed E-state index contributed by atoms with van der Waals surface area (Å²) in [6.45, 7) is 3.03. The summed E-state index contributed by atoms with van der Waals surface area (Å²) in [5.74, 6) is -0.0645. The van der Waals surface area contributed by atoms with E-state index in [0.717, 1.165) is 33.3 Å². The van der Waals surface area contributed by atoms with Gasteiger partial charge in [-0.3, -0.25) is 14.5 Å². The molecule has 0 saturated carbocycles. The zero-order chi connectivity index (χ0) is 20.9. The van der Waals surface area contributed by atoms with Gasteiger partial charge in [0.05, 0.1) is 18.5 Å². The van der Waals surface area contributed by atoms with Crippen molar-refractivity contribution in [2.24, 2.45) is 0 Å². The fourth-order valence-corrected chi connectivity index (χ4v) is 3.40. The highest BCUT2D eigenvalue weighted by molar-refractivity contribution is 5.78. The molecule has 6 nitrogen and oxygen atoms in total. The van der Waals surface area contributed by atoms with Crippen molar-refractivity contribution in [1.82, 2.24) is 14.8 Å². The summed E-state index contributed by atoms with van der Waals surface area (Å²) in [6.07, 6.45) is 5.76. The van der Waals surface area contributed by atoms with Gasteiger partial charge in [0.1, 0.15) is 12.4 Å². The van der Waals surface area contributed by atoms with Crippen LogP contribution in [-0.4, -0.2) is 25.8 Å². The van der Waals surface area contributed by atoms with E-state index in [9.17, 15) is 4.79 Å². The van der Waals surface area contributed by atoms with Crippen LogP contribution in [0.4, 0.5) is 0 Å². The molecule has 0 aliphatic heterocycles. The highest BCUT2D eigenvalue weighted by atomic mass is 16.5. The Kier molecular flexibility index (Phi) is 5.75. The highest BCUT2D eigenvalue weighted by Gasteiger charge is 2.10. The lowest BCUT2D eigenvalue weighted by atomic mass is 9.98. The minimum Gasteiger partial charge on any atom is -0.489 e. The van der Waals surface area contributed by atoms with E-state index in [2.05, 4.69) is 16.1 Å². The van der Waals surface area contributed by atoms with Crippen molar-refractivity contribution in [2.45, 2.75) is 32.4 Å². The number of aliphatic carboxylic acids is 1. The maximum absolute atomic E-state index is 10.9. The van der Waals surface area contributed by atoms with Crippen LogP contribution in [0.25, 0.3) is 10.9 Å². The van der Waals surface area contributed by atoms with Gasteiger partial charge in [0.15, 0.2) is 0 Å². The summed E-state index contributed by atoms with van der Waals surface area (Å²) in [5.41, 5.74) is 4.07. The number of carboxylic acids is 1. The second-order valence-corrected chi connectivity index (χ2v) is 7.44. The second kappa shape index (κ2) is 8.78. The number of fused-ring (bicyclic) bond motifs is 1. The quantitative estimate of drug-likeness (QED) is 0.465. The number of benzene rings is 2. The fraction of sp³-hybridized carbons (Fsp3) is 0.208. The number of carbonyl (C=O) groups is 1. The lowest BCUT2D eigenvalue weighted by Gasteiger charge is -2.11. The summed E-state index contributed by atoms with van der Waals surface area (Å²) in [5, 5.41) is 14.7. The average molecular weight is 401 g/mol. The van der Waals surface area contributed by atoms with Gasteiger partial charge in [-0.25, -0.2) is 0 Å². The minimum atomic E-state index is -0.791. The Morgan fingerprint density at radius 2 is 1.97 bits per heavy atom. The van der Waals surface area contributed by atoms with Crippen molar-refractivity contribution in [2.75, 3.05) is 0 Å². The zero-order valence-corrected chi connectivity index (χ0v) is 16.7. The molecule has 0 aliphatic carbocycles. The summed E-state index contributed by atoms with van der Waals surface area (Å²) >= 11 is 0. The van der Waals surface area contributed by atoms with Gasteiger partial charge >= 0.3 is 5.97 Å². The van der Waals surface area contributed by atoms with Gasteiger partial charge < -0.3 is 9.84 Å². The molecule has 2 heterocycles. The fourth-order valence-electron chi connectivity index (χ4n) is 3.40. The monoisotopic (exact) mass is 401 g/mol. The van der Waals surface area contributed by atoms with E-state index in [1.54, 1.807) is 6.20 Å². The Balaban J connectivity index is 1.40. The molecule has 1 N–H and O–H groups in total. The molecule has 0 fully saturated rings. The van der Waals surface area contributed by atoms with Gasteiger partial charge in [0, 0.05) is 24.0 Å². The largest absolute Gasteiger partial charge is 0.489 e. The number of nitrogens with zero attached hydrogens (tertiary/aromatic N) is 3. The minimum absolute atomic E-state index is 0.0271. The topological polar surface area (TPSA) is 77.2 Å². The maximum atomic E-state index is 10.9. The molecule has 6 heteroatoms. The Morgan fingerprint density at radius 1 is 1.13 bits per heavy atom. The first kappa shape index (κ1) is 19.6. The number of hydrogen-bond acceptors (Lipinski definition) is 4. The second-order valence-electron chi connectivity index (χ2n) is 7.44. The van der Waals surface area contributed by atoms with E-state index in [1.165, 1.54) is 0 Å². The Morgan fingerprint density at radius 3 is 2.70 bits per heavy atom. The Hall–Kier alpha value is -3.67. The third-order valence-electron chi connectivity index (χ3n) is 5.02. The molecule has 0 amide bonds. The van der Waals surface area contributed by atoms with Crippen LogP contribution in [0.5, 0.6) is 5.75 Å². The van der Waals surface area contributed by atoms with Gasteiger partial charge in [-0.2, -0.15) is 5.10 Å². The van der Waals surface area contributed by atoms with Crippen molar-refractivity contribution < 1.29 is 14.6 Å². The molecule has 0 spiro atoms. The predicted octanol–water partition coefficient (Wildman–Crippen LogP) is 4.64. The molecule has 4 aromatic rings. The number of hydrogen-bond donors (Lipinski definition) is 1. The lowest BCUT2D eigenvalue weighted by molar-refractivity contribution is -0.137. The van der Waals surface area contributed by atoms with Gasteiger partial charge in [-0.15, -0.1) is 0 Å². The van der Waals surface area contributed by atoms with Crippen LogP contribution in [0.1, 0.15) is 36.0 Å². The molecule has 152 valence electrons. The molecule has 0 aliphatic rings. The molecule has 4 rings (SSSR count). The van der Waals surface area contributed by atoms with Crippen molar-refractivity contribution in [3.63, 3.8) is 0 Å². The summed E-state index contributed by atoms with van der Waals surface area (Å²) < 4.78 is 7.82. The Bertz CT molecular complexity index is 1140. The molecule has 2 aromatic carbocycles. The summed E-state index contributed by atoms with van der Waals surface area (Å²) in [7, 11) is 0. The van der Waals surface area contributed by atoms with E-state index in [0.29, 0.717) is 13.2 Å². The van der Waals surface area contributed by atoms with E-state index in [4.69, 9.17) is 9.84 Å². The van der Waals surface area contributed by atoms with Crippen LogP contribution < -0.4 is 4.74 Å². The molecule has 0 bridgehead atoms. The first-order valence-electron chi connectivity index (χ1n) is 9.86. The van der Waals surface area contributed by atoms with Crippen LogP contribution in [0.15, 0.2) is 73.2 Å². The van der Waals surface area contributed by atoms with E-state index < -0.39 is 5.97 Å². The molecule has 1 unspecified atom stereocenters. The first-order valence-corrected chi connectivity index (χ1v) is 9.86. The maximum Gasteiger partial charge on any atom is 0.303 e. The number of ether oxygens (including phenoxy) is 1. The van der Waals surface area contributed by atoms with Crippen LogP contribution in [0.3, 0.4) is 0 Å². The third-order valence-corrected chi connectivity index (χ3v) is 5.02. The van der Waals surface area contributed by atoms with E-state index >= 15 is 0 Å². The van der Waals surface area contributed by atoms with Crippen LogP contribution in [0.2, 0.25) is 0 Å². The normalized spacial score (nSPS) is 12.0. The van der Waals surface area contributed by atoms with E-state index in [1.807, 2.05) is 72.5 Å².